The van der Waals surface area contributed by atoms with E-state index < -0.39 is 0 Å². The summed E-state index contributed by atoms with van der Waals surface area (Å²) < 4.78 is 13.4. The average Bonchev–Trinajstić information content (AvgIpc) is 2.36. The molecular formula is C14H23Cl2FN2. The van der Waals surface area contributed by atoms with Gasteiger partial charge in [0.1, 0.15) is 5.82 Å². The van der Waals surface area contributed by atoms with E-state index >= 15 is 0 Å². The highest BCUT2D eigenvalue weighted by atomic mass is 35.5. The quantitative estimate of drug-likeness (QED) is 0.921. The smallest absolute Gasteiger partial charge is 0.123 e. The molecule has 1 atom stereocenters. The predicted molar refractivity (Wildman–Crippen MR) is 83.1 cm³/mol. The fraction of sp³-hybridized carbons (Fsp3) is 0.571. The first-order valence-corrected chi connectivity index (χ1v) is 6.43. The molecule has 1 heterocycles. The van der Waals surface area contributed by atoms with Gasteiger partial charge in [-0.3, -0.25) is 4.90 Å². The van der Waals surface area contributed by atoms with Crippen LogP contribution in [0.15, 0.2) is 18.2 Å². The van der Waals surface area contributed by atoms with Crippen LogP contribution in [0.5, 0.6) is 0 Å². The van der Waals surface area contributed by atoms with Crippen molar-refractivity contribution in [2.75, 3.05) is 26.2 Å². The molecule has 0 amide bonds. The minimum atomic E-state index is -0.126. The Balaban J connectivity index is 0.00000162. The Morgan fingerprint density at radius 3 is 2.47 bits per heavy atom. The first-order chi connectivity index (χ1) is 8.22. The van der Waals surface area contributed by atoms with Gasteiger partial charge in [0.15, 0.2) is 0 Å². The van der Waals surface area contributed by atoms with E-state index in [-0.39, 0.29) is 30.6 Å². The van der Waals surface area contributed by atoms with E-state index in [2.05, 4.69) is 24.1 Å². The van der Waals surface area contributed by atoms with E-state index in [4.69, 9.17) is 0 Å². The SMILES string of the molecule is CC[C@H](c1cc(F)ccc1C)N1CCNCC1.Cl.Cl. The summed E-state index contributed by atoms with van der Waals surface area (Å²) in [5, 5.41) is 3.36. The van der Waals surface area contributed by atoms with Gasteiger partial charge < -0.3 is 5.32 Å². The van der Waals surface area contributed by atoms with E-state index in [1.54, 1.807) is 12.1 Å². The van der Waals surface area contributed by atoms with Crippen LogP contribution in [0, 0.1) is 12.7 Å². The largest absolute Gasteiger partial charge is 0.314 e. The third kappa shape index (κ3) is 4.60. The second-order valence-electron chi connectivity index (χ2n) is 4.71. The third-order valence-electron chi connectivity index (χ3n) is 3.58. The molecule has 1 aliphatic rings. The summed E-state index contributed by atoms with van der Waals surface area (Å²) >= 11 is 0. The predicted octanol–water partition coefficient (Wildman–Crippen LogP) is 3.33. The lowest BCUT2D eigenvalue weighted by Gasteiger charge is -2.35. The van der Waals surface area contributed by atoms with Crippen molar-refractivity contribution in [2.45, 2.75) is 26.3 Å². The maximum absolute atomic E-state index is 13.4. The third-order valence-corrected chi connectivity index (χ3v) is 3.58. The van der Waals surface area contributed by atoms with E-state index in [1.807, 2.05) is 6.07 Å². The van der Waals surface area contributed by atoms with Crippen molar-refractivity contribution >= 4 is 24.8 Å². The zero-order valence-electron chi connectivity index (χ0n) is 11.5. The Hall–Kier alpha value is -0.350. The molecule has 0 spiro atoms. The van der Waals surface area contributed by atoms with Crippen molar-refractivity contribution in [1.29, 1.82) is 0 Å². The van der Waals surface area contributed by atoms with Gasteiger partial charge >= 0.3 is 0 Å². The van der Waals surface area contributed by atoms with Crippen LogP contribution in [-0.2, 0) is 0 Å². The van der Waals surface area contributed by atoms with Crippen molar-refractivity contribution in [1.82, 2.24) is 10.2 Å². The molecule has 1 aromatic rings. The maximum Gasteiger partial charge on any atom is 0.123 e. The monoisotopic (exact) mass is 308 g/mol. The van der Waals surface area contributed by atoms with Gasteiger partial charge in [-0.2, -0.15) is 0 Å². The Kier molecular flexibility index (Phi) is 8.59. The Morgan fingerprint density at radius 1 is 1.26 bits per heavy atom. The van der Waals surface area contributed by atoms with Crippen molar-refractivity contribution in [3.63, 3.8) is 0 Å². The van der Waals surface area contributed by atoms with Gasteiger partial charge in [0.2, 0.25) is 0 Å². The van der Waals surface area contributed by atoms with Crippen molar-refractivity contribution < 1.29 is 4.39 Å². The van der Waals surface area contributed by atoms with Crippen LogP contribution < -0.4 is 5.32 Å². The number of aryl methyl sites for hydroxylation is 1. The summed E-state index contributed by atoms with van der Waals surface area (Å²) in [4.78, 5) is 2.46. The lowest BCUT2D eigenvalue weighted by atomic mass is 9.97. The number of hydrogen-bond donors (Lipinski definition) is 1. The molecule has 1 saturated heterocycles. The summed E-state index contributed by atoms with van der Waals surface area (Å²) in [6.45, 7) is 8.41. The highest BCUT2D eigenvalue weighted by molar-refractivity contribution is 5.85. The summed E-state index contributed by atoms with van der Waals surface area (Å²) in [5.74, 6) is -0.126. The normalized spacial score (nSPS) is 17.2. The van der Waals surface area contributed by atoms with Gasteiger partial charge in [-0.1, -0.05) is 13.0 Å². The van der Waals surface area contributed by atoms with Crippen LogP contribution >= 0.6 is 24.8 Å². The summed E-state index contributed by atoms with van der Waals surface area (Å²) in [5.41, 5.74) is 2.34. The van der Waals surface area contributed by atoms with Gasteiger partial charge in [0, 0.05) is 32.2 Å². The summed E-state index contributed by atoms with van der Waals surface area (Å²) in [6.07, 6.45) is 1.03. The highest BCUT2D eigenvalue weighted by Gasteiger charge is 2.22. The minimum absolute atomic E-state index is 0. The van der Waals surface area contributed by atoms with Crippen LogP contribution in [0.3, 0.4) is 0 Å². The zero-order valence-corrected chi connectivity index (χ0v) is 13.1. The van der Waals surface area contributed by atoms with Crippen LogP contribution in [0.2, 0.25) is 0 Å². The number of hydrogen-bond acceptors (Lipinski definition) is 2. The van der Waals surface area contributed by atoms with E-state index in [0.717, 1.165) is 38.2 Å². The van der Waals surface area contributed by atoms with Gasteiger partial charge in [-0.15, -0.1) is 24.8 Å². The number of halogens is 3. The van der Waals surface area contributed by atoms with Crippen LogP contribution in [0.25, 0.3) is 0 Å². The molecule has 110 valence electrons. The number of benzene rings is 1. The molecule has 0 aromatic heterocycles. The molecule has 2 rings (SSSR count). The molecule has 0 unspecified atom stereocenters. The second-order valence-corrected chi connectivity index (χ2v) is 4.71. The number of rotatable bonds is 3. The molecule has 2 nitrogen and oxygen atoms in total. The second kappa shape index (κ2) is 8.75. The van der Waals surface area contributed by atoms with Crippen LogP contribution in [-0.4, -0.2) is 31.1 Å². The number of nitrogens with zero attached hydrogens (tertiary/aromatic N) is 1. The number of nitrogens with one attached hydrogen (secondary N) is 1. The molecule has 0 saturated carbocycles. The molecule has 5 heteroatoms. The van der Waals surface area contributed by atoms with Crippen molar-refractivity contribution in [2.24, 2.45) is 0 Å². The van der Waals surface area contributed by atoms with Gasteiger partial charge in [-0.25, -0.2) is 4.39 Å². The molecule has 1 N–H and O–H groups in total. The fourth-order valence-corrected chi connectivity index (χ4v) is 2.64. The van der Waals surface area contributed by atoms with Crippen LogP contribution in [0.4, 0.5) is 4.39 Å². The molecule has 0 aliphatic carbocycles. The molecule has 1 aliphatic heterocycles. The van der Waals surface area contributed by atoms with Crippen molar-refractivity contribution in [3.05, 3.63) is 35.1 Å². The van der Waals surface area contributed by atoms with Crippen molar-refractivity contribution in [3.8, 4) is 0 Å². The van der Waals surface area contributed by atoms with E-state index in [1.165, 1.54) is 5.56 Å². The molecule has 1 fully saturated rings. The molecular weight excluding hydrogens is 286 g/mol. The van der Waals surface area contributed by atoms with E-state index in [0.29, 0.717) is 6.04 Å². The summed E-state index contributed by atoms with van der Waals surface area (Å²) in [6, 6.07) is 5.48. The minimum Gasteiger partial charge on any atom is -0.314 e. The highest BCUT2D eigenvalue weighted by Crippen LogP contribution is 2.27. The maximum atomic E-state index is 13.4. The Bertz CT molecular complexity index is 382. The molecule has 0 radical (unpaired) electrons. The Labute approximate surface area is 127 Å². The lowest BCUT2D eigenvalue weighted by Crippen LogP contribution is -2.45. The zero-order chi connectivity index (χ0) is 12.3. The average molecular weight is 309 g/mol. The molecule has 1 aromatic carbocycles. The fourth-order valence-electron chi connectivity index (χ4n) is 2.64. The first-order valence-electron chi connectivity index (χ1n) is 6.43. The lowest BCUT2D eigenvalue weighted by molar-refractivity contribution is 0.168. The van der Waals surface area contributed by atoms with Crippen LogP contribution in [0.1, 0.15) is 30.5 Å². The molecule has 19 heavy (non-hydrogen) atoms. The first kappa shape index (κ1) is 18.7. The number of piperazine rings is 1. The topological polar surface area (TPSA) is 15.3 Å². The summed E-state index contributed by atoms with van der Waals surface area (Å²) in [7, 11) is 0. The van der Waals surface area contributed by atoms with E-state index in [9.17, 15) is 4.39 Å². The molecule has 0 bridgehead atoms. The van der Waals surface area contributed by atoms with Gasteiger partial charge in [0.25, 0.3) is 0 Å². The Morgan fingerprint density at radius 2 is 1.89 bits per heavy atom. The standard InChI is InChI=1S/C14H21FN2.2ClH/c1-3-14(17-8-6-16-7-9-17)13-10-12(15)5-4-11(13)2;;/h4-5,10,14,16H,3,6-9H2,1-2H3;2*1H/t14-;;/m1../s1. The van der Waals surface area contributed by atoms with Gasteiger partial charge in [-0.05, 0) is 36.6 Å². The van der Waals surface area contributed by atoms with Gasteiger partial charge in [0.05, 0.1) is 0 Å².